The molecule has 2 aromatic carbocycles. The molecule has 8 heteroatoms. The lowest BCUT2D eigenvalue weighted by Crippen LogP contribution is -2.34. The van der Waals surface area contributed by atoms with Gasteiger partial charge in [0.25, 0.3) is 5.91 Å². The monoisotopic (exact) mass is 442 g/mol. The lowest BCUT2D eigenvalue weighted by Gasteiger charge is -2.11. The van der Waals surface area contributed by atoms with Crippen LogP contribution in [0.1, 0.15) is 23.2 Å². The fourth-order valence-electron chi connectivity index (χ4n) is 3.43. The maximum atomic E-state index is 13.0. The Morgan fingerprint density at radius 2 is 1.94 bits per heavy atom. The second-order valence-corrected chi connectivity index (χ2v) is 7.61. The van der Waals surface area contributed by atoms with Gasteiger partial charge in [0.15, 0.2) is 0 Å². The molecule has 0 spiro atoms. The highest BCUT2D eigenvalue weighted by Crippen LogP contribution is 2.27. The summed E-state index contributed by atoms with van der Waals surface area (Å²) in [4.78, 5) is 17.6. The number of fused-ring (bicyclic) bond motifs is 1. The summed E-state index contributed by atoms with van der Waals surface area (Å²) in [5.74, 6) is 0.861. The van der Waals surface area contributed by atoms with Crippen molar-refractivity contribution in [1.82, 2.24) is 5.32 Å². The molecule has 1 saturated heterocycles. The fourth-order valence-corrected chi connectivity index (χ4v) is 3.61. The summed E-state index contributed by atoms with van der Waals surface area (Å²) >= 11 is 6.12. The molecule has 4 rings (SSSR count). The first kappa shape index (κ1) is 21.2. The molecule has 1 N–H and O–H groups in total. The Hall–Kier alpha value is -3.03. The van der Waals surface area contributed by atoms with Crippen molar-refractivity contribution in [3.8, 4) is 11.5 Å². The van der Waals surface area contributed by atoms with E-state index in [0.29, 0.717) is 45.3 Å². The predicted molar refractivity (Wildman–Crippen MR) is 117 cm³/mol. The third-order valence-electron chi connectivity index (χ3n) is 5.03. The van der Waals surface area contributed by atoms with Crippen molar-refractivity contribution in [2.24, 2.45) is 4.99 Å². The predicted octanol–water partition coefficient (Wildman–Crippen LogP) is 4.24. The fraction of sp³-hybridized carbons (Fsp3) is 0.304. The maximum absolute atomic E-state index is 13.0. The van der Waals surface area contributed by atoms with Gasteiger partial charge in [-0.15, -0.1) is 0 Å². The Balaban J connectivity index is 1.78. The van der Waals surface area contributed by atoms with Gasteiger partial charge < -0.3 is 23.9 Å². The van der Waals surface area contributed by atoms with Crippen LogP contribution in [0.2, 0.25) is 5.02 Å². The third-order valence-corrected chi connectivity index (χ3v) is 5.27. The lowest BCUT2D eigenvalue weighted by atomic mass is 10.1. The van der Waals surface area contributed by atoms with Crippen LogP contribution in [0.15, 0.2) is 51.9 Å². The average Bonchev–Trinajstić information content (AvgIpc) is 3.30. The van der Waals surface area contributed by atoms with Gasteiger partial charge in [0.2, 0.25) is 5.55 Å². The van der Waals surface area contributed by atoms with E-state index in [4.69, 9.17) is 30.2 Å². The maximum Gasteiger partial charge on any atom is 0.256 e. The van der Waals surface area contributed by atoms with Crippen LogP contribution in [0.5, 0.6) is 11.5 Å². The van der Waals surface area contributed by atoms with Gasteiger partial charge in [-0.2, -0.15) is 0 Å². The zero-order chi connectivity index (χ0) is 21.8. The van der Waals surface area contributed by atoms with Gasteiger partial charge in [0.05, 0.1) is 26.0 Å². The number of methoxy groups -OCH3 is 2. The van der Waals surface area contributed by atoms with Crippen LogP contribution in [0.4, 0.5) is 5.69 Å². The highest BCUT2D eigenvalue weighted by atomic mass is 35.5. The molecule has 1 aliphatic rings. The average molecular weight is 443 g/mol. The van der Waals surface area contributed by atoms with Gasteiger partial charge in [-0.25, -0.2) is 4.99 Å². The highest BCUT2D eigenvalue weighted by Gasteiger charge is 2.19. The first-order chi connectivity index (χ1) is 15.1. The Morgan fingerprint density at radius 3 is 2.61 bits per heavy atom. The normalized spacial score (nSPS) is 16.5. The number of rotatable bonds is 6. The van der Waals surface area contributed by atoms with Crippen LogP contribution in [-0.2, 0) is 4.74 Å². The van der Waals surface area contributed by atoms with Gasteiger partial charge in [0, 0.05) is 41.8 Å². The number of hydrogen-bond donors (Lipinski definition) is 1. The van der Waals surface area contributed by atoms with Crippen molar-refractivity contribution < 1.29 is 23.4 Å². The number of carbonyl (C=O) groups is 1. The second kappa shape index (κ2) is 9.41. The summed E-state index contributed by atoms with van der Waals surface area (Å²) in [6.45, 7) is 1.15. The van der Waals surface area contributed by atoms with Crippen LogP contribution in [-0.4, -0.2) is 39.4 Å². The van der Waals surface area contributed by atoms with Crippen LogP contribution >= 0.6 is 11.6 Å². The molecular weight excluding hydrogens is 420 g/mol. The molecule has 0 saturated carbocycles. The molecule has 7 nitrogen and oxygen atoms in total. The number of carbonyl (C=O) groups excluding carboxylic acids is 1. The molecule has 1 fully saturated rings. The lowest BCUT2D eigenvalue weighted by molar-refractivity contribution is 0.0854. The van der Waals surface area contributed by atoms with Gasteiger partial charge in [-0.3, -0.25) is 4.79 Å². The SMILES string of the molecule is COc1cc(N=c2oc3ccc(Cl)cc3cc2C(=O)NC[C@@H]2CCCO2)cc(OC)c1. The number of amides is 1. The van der Waals surface area contributed by atoms with E-state index in [9.17, 15) is 4.79 Å². The molecule has 1 aliphatic heterocycles. The molecular formula is C23H23ClN2O5. The van der Waals surface area contributed by atoms with Gasteiger partial charge in [-0.05, 0) is 37.1 Å². The van der Waals surface area contributed by atoms with Crippen LogP contribution < -0.4 is 20.3 Å². The third kappa shape index (κ3) is 5.00. The van der Waals surface area contributed by atoms with E-state index in [0.717, 1.165) is 19.4 Å². The van der Waals surface area contributed by atoms with E-state index in [-0.39, 0.29) is 17.6 Å². The van der Waals surface area contributed by atoms with E-state index in [1.54, 1.807) is 56.7 Å². The Labute approximate surface area is 184 Å². The van der Waals surface area contributed by atoms with Crippen molar-refractivity contribution >= 4 is 34.2 Å². The van der Waals surface area contributed by atoms with E-state index < -0.39 is 0 Å². The smallest absolute Gasteiger partial charge is 0.256 e. The summed E-state index contributed by atoms with van der Waals surface area (Å²) < 4.78 is 22.2. The summed E-state index contributed by atoms with van der Waals surface area (Å²) in [5, 5.41) is 4.18. The molecule has 162 valence electrons. The molecule has 1 amide bonds. The summed E-state index contributed by atoms with van der Waals surface area (Å²) in [7, 11) is 3.12. The molecule has 0 aliphatic carbocycles. The number of halogens is 1. The van der Waals surface area contributed by atoms with E-state index in [1.165, 1.54) is 0 Å². The summed E-state index contributed by atoms with van der Waals surface area (Å²) in [5.41, 5.74) is 1.57. The topological polar surface area (TPSA) is 82.3 Å². The van der Waals surface area contributed by atoms with Crippen LogP contribution in [0.25, 0.3) is 11.0 Å². The van der Waals surface area contributed by atoms with Gasteiger partial charge >= 0.3 is 0 Å². The largest absolute Gasteiger partial charge is 0.497 e. The van der Waals surface area contributed by atoms with Crippen molar-refractivity contribution in [2.45, 2.75) is 18.9 Å². The summed E-state index contributed by atoms with van der Waals surface area (Å²) in [6.07, 6.45) is 1.96. The van der Waals surface area contributed by atoms with Crippen molar-refractivity contribution in [3.63, 3.8) is 0 Å². The van der Waals surface area contributed by atoms with E-state index in [1.807, 2.05) is 0 Å². The number of ether oxygens (including phenoxy) is 3. The Kier molecular flexibility index (Phi) is 6.44. The van der Waals surface area contributed by atoms with Crippen LogP contribution in [0.3, 0.4) is 0 Å². The minimum absolute atomic E-state index is 0.0267. The Morgan fingerprint density at radius 1 is 1.16 bits per heavy atom. The molecule has 3 aromatic rings. The minimum Gasteiger partial charge on any atom is -0.497 e. The molecule has 2 heterocycles. The first-order valence-corrected chi connectivity index (χ1v) is 10.3. The van der Waals surface area contributed by atoms with Crippen molar-refractivity contribution in [2.75, 3.05) is 27.4 Å². The quantitative estimate of drug-likeness (QED) is 0.617. The summed E-state index contributed by atoms with van der Waals surface area (Å²) in [6, 6.07) is 12.2. The molecule has 0 unspecified atom stereocenters. The first-order valence-electron chi connectivity index (χ1n) is 9.97. The van der Waals surface area contributed by atoms with Crippen molar-refractivity contribution in [3.05, 3.63) is 58.6 Å². The highest BCUT2D eigenvalue weighted by molar-refractivity contribution is 6.31. The molecule has 0 bridgehead atoms. The number of nitrogens with zero attached hydrogens (tertiary/aromatic N) is 1. The molecule has 1 aromatic heterocycles. The van der Waals surface area contributed by atoms with Crippen molar-refractivity contribution in [1.29, 1.82) is 0 Å². The molecule has 0 radical (unpaired) electrons. The van der Waals surface area contributed by atoms with Gasteiger partial charge in [0.1, 0.15) is 22.6 Å². The minimum atomic E-state index is -0.297. The number of nitrogens with one attached hydrogen (secondary N) is 1. The van der Waals surface area contributed by atoms with Gasteiger partial charge in [-0.1, -0.05) is 11.6 Å². The number of hydrogen-bond acceptors (Lipinski definition) is 6. The standard InChI is InChI=1S/C23H23ClN2O5/c1-28-18-10-16(11-19(12-18)29-2)26-23-20(22(27)25-13-17-4-3-7-30-17)9-14-8-15(24)5-6-21(14)31-23/h5-6,8-12,17H,3-4,7,13H2,1-2H3,(H,25,27)/t17-/m0/s1. The zero-order valence-electron chi connectivity index (χ0n) is 17.3. The second-order valence-electron chi connectivity index (χ2n) is 7.18. The Bertz CT molecular complexity index is 1150. The zero-order valence-corrected chi connectivity index (χ0v) is 18.1. The molecule has 1 atom stereocenters. The van der Waals surface area contributed by atoms with E-state index in [2.05, 4.69) is 10.3 Å². The molecule has 31 heavy (non-hydrogen) atoms. The van der Waals surface area contributed by atoms with Crippen LogP contribution in [0, 0.1) is 0 Å². The van der Waals surface area contributed by atoms with E-state index >= 15 is 0 Å². The number of benzene rings is 2.